The SMILES string of the molecule is CCCn1c(SC)nc2c(OC(C)C)csc2c1=O. The number of hydrogen-bond acceptors (Lipinski definition) is 5. The molecule has 0 saturated heterocycles. The van der Waals surface area contributed by atoms with E-state index in [0.717, 1.165) is 11.6 Å². The van der Waals surface area contributed by atoms with E-state index in [4.69, 9.17) is 4.74 Å². The van der Waals surface area contributed by atoms with Crippen LogP contribution in [-0.4, -0.2) is 21.9 Å². The molecular weight excluding hydrogens is 280 g/mol. The van der Waals surface area contributed by atoms with Crippen LogP contribution in [0.2, 0.25) is 0 Å². The van der Waals surface area contributed by atoms with E-state index in [-0.39, 0.29) is 11.7 Å². The molecule has 0 aliphatic rings. The summed E-state index contributed by atoms with van der Waals surface area (Å²) in [5.74, 6) is 0.714. The van der Waals surface area contributed by atoms with Gasteiger partial charge in [-0.3, -0.25) is 9.36 Å². The number of aromatic nitrogens is 2. The summed E-state index contributed by atoms with van der Waals surface area (Å²) in [6.07, 6.45) is 2.94. The zero-order valence-corrected chi connectivity index (χ0v) is 13.2. The minimum Gasteiger partial charge on any atom is -0.488 e. The number of thioether (sulfide) groups is 1. The highest BCUT2D eigenvalue weighted by Crippen LogP contribution is 2.30. The average molecular weight is 298 g/mol. The van der Waals surface area contributed by atoms with E-state index in [1.165, 1.54) is 23.1 Å². The first-order valence-electron chi connectivity index (χ1n) is 6.31. The van der Waals surface area contributed by atoms with E-state index in [9.17, 15) is 4.79 Å². The van der Waals surface area contributed by atoms with Crippen molar-refractivity contribution in [3.63, 3.8) is 0 Å². The van der Waals surface area contributed by atoms with Crippen LogP contribution in [0.5, 0.6) is 5.75 Å². The maximum absolute atomic E-state index is 12.5. The van der Waals surface area contributed by atoms with Crippen LogP contribution >= 0.6 is 23.1 Å². The van der Waals surface area contributed by atoms with E-state index in [2.05, 4.69) is 11.9 Å². The first kappa shape index (κ1) is 14.4. The maximum atomic E-state index is 12.5. The lowest BCUT2D eigenvalue weighted by Crippen LogP contribution is -2.22. The highest BCUT2D eigenvalue weighted by Gasteiger charge is 2.16. The van der Waals surface area contributed by atoms with Gasteiger partial charge in [-0.2, -0.15) is 0 Å². The molecule has 0 fully saturated rings. The Hall–Kier alpha value is -1.01. The van der Waals surface area contributed by atoms with Crippen LogP contribution in [0, 0.1) is 0 Å². The number of rotatable bonds is 5. The van der Waals surface area contributed by atoms with Crippen LogP contribution < -0.4 is 10.3 Å². The van der Waals surface area contributed by atoms with E-state index in [1.807, 2.05) is 25.5 Å². The molecule has 0 unspecified atom stereocenters. The van der Waals surface area contributed by atoms with Crippen LogP contribution in [-0.2, 0) is 6.54 Å². The molecule has 0 atom stereocenters. The summed E-state index contributed by atoms with van der Waals surface area (Å²) in [6.45, 7) is 6.70. The summed E-state index contributed by atoms with van der Waals surface area (Å²) in [5, 5.41) is 2.63. The third kappa shape index (κ3) is 2.79. The molecular formula is C13H18N2O2S2. The Morgan fingerprint density at radius 1 is 1.53 bits per heavy atom. The summed E-state index contributed by atoms with van der Waals surface area (Å²) in [6, 6.07) is 0. The van der Waals surface area contributed by atoms with Gasteiger partial charge in [0.1, 0.15) is 10.2 Å². The predicted molar refractivity (Wildman–Crippen MR) is 81.7 cm³/mol. The van der Waals surface area contributed by atoms with Crippen molar-refractivity contribution in [1.82, 2.24) is 9.55 Å². The molecule has 2 rings (SSSR count). The van der Waals surface area contributed by atoms with Gasteiger partial charge in [-0.1, -0.05) is 18.7 Å². The van der Waals surface area contributed by atoms with Crippen molar-refractivity contribution in [2.45, 2.75) is 45.0 Å². The Kier molecular flexibility index (Phi) is 4.52. The Morgan fingerprint density at radius 3 is 2.84 bits per heavy atom. The van der Waals surface area contributed by atoms with Gasteiger partial charge in [0.15, 0.2) is 10.9 Å². The van der Waals surface area contributed by atoms with Gasteiger partial charge in [-0.15, -0.1) is 11.3 Å². The van der Waals surface area contributed by atoms with Gasteiger partial charge >= 0.3 is 0 Å². The van der Waals surface area contributed by atoms with Crippen LogP contribution in [0.4, 0.5) is 0 Å². The summed E-state index contributed by atoms with van der Waals surface area (Å²) < 4.78 is 8.15. The lowest BCUT2D eigenvalue weighted by atomic mass is 10.4. The lowest BCUT2D eigenvalue weighted by molar-refractivity contribution is 0.246. The Bertz CT molecular complexity index is 631. The van der Waals surface area contributed by atoms with Crippen molar-refractivity contribution < 1.29 is 4.74 Å². The monoisotopic (exact) mass is 298 g/mol. The topological polar surface area (TPSA) is 44.1 Å². The van der Waals surface area contributed by atoms with Gasteiger partial charge in [-0.25, -0.2) is 4.98 Å². The van der Waals surface area contributed by atoms with Gasteiger partial charge in [0, 0.05) is 11.9 Å². The van der Waals surface area contributed by atoms with Crippen LogP contribution in [0.3, 0.4) is 0 Å². The standard InChI is InChI=1S/C13H18N2O2S2/c1-5-6-15-12(16)11-10(14-13(15)18-4)9(7-19-11)17-8(2)3/h7-8H,5-6H2,1-4H3. The van der Waals surface area contributed by atoms with E-state index >= 15 is 0 Å². The molecule has 2 aromatic heterocycles. The fourth-order valence-corrected chi connectivity index (χ4v) is 3.31. The van der Waals surface area contributed by atoms with Gasteiger partial charge in [-0.05, 0) is 26.5 Å². The second kappa shape index (κ2) is 5.96. The average Bonchev–Trinajstić information content (AvgIpc) is 2.75. The number of hydrogen-bond donors (Lipinski definition) is 0. The van der Waals surface area contributed by atoms with Crippen molar-refractivity contribution in [2.75, 3.05) is 6.26 Å². The molecule has 0 aromatic carbocycles. The second-order valence-corrected chi connectivity index (χ2v) is 6.15. The Balaban J connectivity index is 2.64. The van der Waals surface area contributed by atoms with Crippen molar-refractivity contribution in [3.8, 4) is 5.75 Å². The number of ether oxygens (including phenoxy) is 1. The van der Waals surface area contributed by atoms with Crippen molar-refractivity contribution >= 4 is 33.3 Å². The van der Waals surface area contributed by atoms with Crippen LogP contribution in [0.1, 0.15) is 27.2 Å². The van der Waals surface area contributed by atoms with Crippen molar-refractivity contribution in [2.24, 2.45) is 0 Å². The maximum Gasteiger partial charge on any atom is 0.272 e. The largest absolute Gasteiger partial charge is 0.488 e. The number of thiophene rings is 1. The summed E-state index contributed by atoms with van der Waals surface area (Å²) in [4.78, 5) is 17.1. The molecule has 0 amide bonds. The summed E-state index contributed by atoms with van der Waals surface area (Å²) in [5.41, 5.74) is 0.736. The first-order chi connectivity index (χ1) is 9.08. The molecule has 0 N–H and O–H groups in total. The highest BCUT2D eigenvalue weighted by molar-refractivity contribution is 7.98. The van der Waals surface area contributed by atoms with E-state index < -0.39 is 0 Å². The Morgan fingerprint density at radius 2 is 2.26 bits per heavy atom. The minimum absolute atomic E-state index is 0.0415. The summed E-state index contributed by atoms with van der Waals surface area (Å²) >= 11 is 2.91. The molecule has 104 valence electrons. The third-order valence-corrected chi connectivity index (χ3v) is 4.21. The molecule has 2 heterocycles. The number of fused-ring (bicyclic) bond motifs is 1. The van der Waals surface area contributed by atoms with Gasteiger partial charge in [0.05, 0.1) is 6.10 Å². The van der Waals surface area contributed by atoms with E-state index in [0.29, 0.717) is 22.5 Å². The molecule has 0 saturated carbocycles. The molecule has 0 aliphatic carbocycles. The zero-order chi connectivity index (χ0) is 14.0. The number of nitrogens with zero attached hydrogens (tertiary/aromatic N) is 2. The highest BCUT2D eigenvalue weighted by atomic mass is 32.2. The first-order valence-corrected chi connectivity index (χ1v) is 8.41. The molecule has 4 nitrogen and oxygen atoms in total. The third-order valence-electron chi connectivity index (χ3n) is 2.60. The predicted octanol–water partition coefficient (Wildman–Crippen LogP) is 3.38. The van der Waals surface area contributed by atoms with Crippen molar-refractivity contribution in [3.05, 3.63) is 15.7 Å². The van der Waals surface area contributed by atoms with Crippen LogP contribution in [0.15, 0.2) is 15.3 Å². The molecule has 0 spiro atoms. The molecule has 6 heteroatoms. The quantitative estimate of drug-likeness (QED) is 0.627. The second-order valence-electron chi connectivity index (χ2n) is 4.50. The van der Waals surface area contributed by atoms with Gasteiger partial charge in [0.25, 0.3) is 5.56 Å². The molecule has 19 heavy (non-hydrogen) atoms. The molecule has 0 aliphatic heterocycles. The molecule has 0 radical (unpaired) electrons. The lowest BCUT2D eigenvalue weighted by Gasteiger charge is -2.11. The molecule has 2 aromatic rings. The van der Waals surface area contributed by atoms with Gasteiger partial charge in [0.2, 0.25) is 0 Å². The zero-order valence-electron chi connectivity index (χ0n) is 11.6. The smallest absolute Gasteiger partial charge is 0.272 e. The van der Waals surface area contributed by atoms with Crippen LogP contribution in [0.25, 0.3) is 10.2 Å². The normalized spacial score (nSPS) is 11.4. The van der Waals surface area contributed by atoms with Crippen molar-refractivity contribution in [1.29, 1.82) is 0 Å². The Labute approximate surface area is 120 Å². The van der Waals surface area contributed by atoms with Gasteiger partial charge < -0.3 is 4.74 Å². The van der Waals surface area contributed by atoms with E-state index in [1.54, 1.807) is 4.57 Å². The minimum atomic E-state index is 0.0415. The fraction of sp³-hybridized carbons (Fsp3) is 0.538. The summed E-state index contributed by atoms with van der Waals surface area (Å²) in [7, 11) is 0. The molecule has 0 bridgehead atoms. The fourth-order valence-electron chi connectivity index (χ4n) is 1.87.